The molecule has 12 aromatic rings. The highest BCUT2D eigenvalue weighted by Crippen LogP contribution is 2.49. The van der Waals surface area contributed by atoms with Crippen molar-refractivity contribution in [3.05, 3.63) is 157 Å². The van der Waals surface area contributed by atoms with E-state index in [1.165, 1.54) is 68.2 Å². The number of nitrogens with one attached hydrogen (secondary N) is 1. The van der Waals surface area contributed by atoms with Crippen molar-refractivity contribution in [2.75, 3.05) is 5.32 Å². The summed E-state index contributed by atoms with van der Waals surface area (Å²) in [7, 11) is 0. The first kappa shape index (κ1) is 30.9. The normalized spacial score (nSPS) is 12.8. The molecule has 1 atom stereocenters. The van der Waals surface area contributed by atoms with E-state index in [2.05, 4.69) is 161 Å². The number of furan rings is 1. The van der Waals surface area contributed by atoms with Crippen molar-refractivity contribution >= 4 is 136 Å². The Balaban J connectivity index is 1.17. The summed E-state index contributed by atoms with van der Waals surface area (Å²) in [6.07, 6.45) is 0. The first-order valence-electron chi connectivity index (χ1n) is 18.5. The van der Waals surface area contributed by atoms with Gasteiger partial charge >= 0.3 is 0 Å². The van der Waals surface area contributed by atoms with Gasteiger partial charge in [-0.3, -0.25) is 4.99 Å². The third-order valence-electron chi connectivity index (χ3n) is 11.4. The maximum atomic E-state index is 6.49. The van der Waals surface area contributed by atoms with Gasteiger partial charge in [0.05, 0.1) is 17.1 Å². The first-order chi connectivity index (χ1) is 27.2. The molecule has 0 aliphatic carbocycles. The monoisotopic (exact) mass is 741 g/mol. The van der Waals surface area contributed by atoms with Gasteiger partial charge in [0.15, 0.2) is 0 Å². The minimum absolute atomic E-state index is 0.145. The van der Waals surface area contributed by atoms with Crippen LogP contribution in [0.4, 0.5) is 10.7 Å². The van der Waals surface area contributed by atoms with Crippen LogP contribution in [0.1, 0.15) is 11.6 Å². The third kappa shape index (κ3) is 4.47. The number of rotatable bonds is 6. The lowest BCUT2D eigenvalue weighted by molar-refractivity contribution is 0.637. The van der Waals surface area contributed by atoms with Crippen LogP contribution in [0.5, 0.6) is 0 Å². The van der Waals surface area contributed by atoms with E-state index in [1.807, 2.05) is 23.5 Å². The van der Waals surface area contributed by atoms with Crippen LogP contribution >= 0.6 is 22.7 Å². The number of benzene rings is 8. The molecule has 0 bridgehead atoms. The van der Waals surface area contributed by atoms with E-state index in [1.54, 1.807) is 11.3 Å². The number of aliphatic imine (C=N–C) groups is 1. The summed E-state index contributed by atoms with van der Waals surface area (Å²) in [6, 6.07) is 54.7. The Kier molecular flexibility index (Phi) is 6.62. The molecule has 0 aliphatic rings. The summed E-state index contributed by atoms with van der Waals surface area (Å²) >= 11 is 3.63. The SMILES string of the molecule is C=Nc1c(NC(Cn2c3ccc4c5ccccc5sc4c3c3c4ccccc4c4ccccc4c32)c2ccc3c(c2)oc2ccccc23)sc2ccccc12. The number of thiophene rings is 2. The molecule has 6 heteroatoms. The highest BCUT2D eigenvalue weighted by molar-refractivity contribution is 7.26. The summed E-state index contributed by atoms with van der Waals surface area (Å²) < 4.78 is 12.9. The van der Waals surface area contributed by atoms with E-state index in [-0.39, 0.29) is 6.04 Å². The fourth-order valence-corrected chi connectivity index (χ4v) is 11.4. The van der Waals surface area contributed by atoms with Gasteiger partial charge in [0.2, 0.25) is 0 Å². The lowest BCUT2D eigenvalue weighted by atomic mass is 9.96. The lowest BCUT2D eigenvalue weighted by Crippen LogP contribution is -2.17. The molecule has 0 aliphatic heterocycles. The Bertz CT molecular complexity index is 3550. The zero-order valence-electron chi connectivity index (χ0n) is 29.5. The summed E-state index contributed by atoms with van der Waals surface area (Å²) in [4.78, 5) is 4.59. The van der Waals surface area contributed by atoms with Crippen molar-refractivity contribution in [1.82, 2.24) is 4.57 Å². The van der Waals surface area contributed by atoms with Crippen LogP contribution < -0.4 is 5.32 Å². The molecule has 4 aromatic heterocycles. The van der Waals surface area contributed by atoms with Gasteiger partial charge in [0.25, 0.3) is 0 Å². The molecule has 4 heterocycles. The molecular weight excluding hydrogens is 711 g/mol. The Hall–Kier alpha value is -6.47. The second-order valence-corrected chi connectivity index (χ2v) is 16.4. The van der Waals surface area contributed by atoms with Gasteiger partial charge in [-0.15, -0.1) is 22.7 Å². The number of nitrogens with zero attached hydrogens (tertiary/aromatic N) is 2. The van der Waals surface area contributed by atoms with Crippen LogP contribution in [0.25, 0.3) is 95.5 Å². The van der Waals surface area contributed by atoms with Gasteiger partial charge < -0.3 is 14.3 Å². The van der Waals surface area contributed by atoms with Crippen LogP contribution in [0.2, 0.25) is 0 Å². The predicted octanol–water partition coefficient (Wildman–Crippen LogP) is 14.8. The molecule has 4 nitrogen and oxygen atoms in total. The number of anilines is 1. The third-order valence-corrected chi connectivity index (χ3v) is 13.7. The van der Waals surface area contributed by atoms with Crippen molar-refractivity contribution < 1.29 is 4.42 Å². The summed E-state index contributed by atoms with van der Waals surface area (Å²) in [5, 5.41) is 18.7. The van der Waals surface area contributed by atoms with Gasteiger partial charge in [0.1, 0.15) is 21.9 Å². The van der Waals surface area contributed by atoms with E-state index in [9.17, 15) is 0 Å². The number of para-hydroxylation sites is 1. The molecule has 1 unspecified atom stereocenters. The number of hydrogen-bond donors (Lipinski definition) is 1. The highest BCUT2D eigenvalue weighted by atomic mass is 32.1. The van der Waals surface area contributed by atoms with Crippen LogP contribution in [0.15, 0.2) is 161 Å². The minimum Gasteiger partial charge on any atom is -0.456 e. The second kappa shape index (κ2) is 11.8. The predicted molar refractivity (Wildman–Crippen MR) is 238 cm³/mol. The first-order valence-corrected chi connectivity index (χ1v) is 20.2. The molecule has 0 fully saturated rings. The zero-order chi connectivity index (χ0) is 36.2. The Morgan fingerprint density at radius 2 is 1.18 bits per heavy atom. The molecular formula is C49H31N3OS2. The molecule has 8 aromatic carbocycles. The van der Waals surface area contributed by atoms with Crippen molar-refractivity contribution in [2.24, 2.45) is 4.99 Å². The number of aromatic nitrogens is 1. The topological polar surface area (TPSA) is 42.5 Å². The highest BCUT2D eigenvalue weighted by Gasteiger charge is 2.25. The molecule has 0 saturated carbocycles. The average Bonchev–Trinajstić information content (AvgIpc) is 3.99. The van der Waals surface area contributed by atoms with Crippen molar-refractivity contribution in [3.8, 4) is 0 Å². The Morgan fingerprint density at radius 1 is 0.564 bits per heavy atom. The molecule has 0 spiro atoms. The molecule has 55 heavy (non-hydrogen) atoms. The van der Waals surface area contributed by atoms with Gasteiger partial charge in [-0.1, -0.05) is 121 Å². The van der Waals surface area contributed by atoms with Gasteiger partial charge in [-0.05, 0) is 58.8 Å². The molecule has 260 valence electrons. The van der Waals surface area contributed by atoms with E-state index in [0.29, 0.717) is 6.54 Å². The van der Waals surface area contributed by atoms with E-state index >= 15 is 0 Å². The second-order valence-electron chi connectivity index (χ2n) is 14.3. The largest absolute Gasteiger partial charge is 0.456 e. The summed E-state index contributed by atoms with van der Waals surface area (Å²) in [5.74, 6) is 0. The zero-order valence-corrected chi connectivity index (χ0v) is 31.2. The molecule has 1 N–H and O–H groups in total. The maximum Gasteiger partial charge on any atom is 0.135 e. The maximum absolute atomic E-state index is 6.49. The average molecular weight is 742 g/mol. The minimum atomic E-state index is -0.145. The number of hydrogen-bond acceptors (Lipinski definition) is 5. The standard InChI is InChI=1S/C49H31N3OS2/c1-50-46-37-18-8-11-21-43(37)55-49(46)51-38(28-22-23-32-31-14-6-9-19-40(31)53-41(32)26-28)27-52-39-25-24-36-33-15-7-10-20-42(33)54-48(36)45(39)44-34-16-4-2-12-29(34)30-13-3-5-17-35(30)47(44)52/h2-26,38,51H,1,27H2. The van der Waals surface area contributed by atoms with E-state index in [0.717, 1.165) is 43.6 Å². The fourth-order valence-electron chi connectivity index (χ4n) is 9.03. The van der Waals surface area contributed by atoms with Crippen molar-refractivity contribution in [1.29, 1.82) is 0 Å². The van der Waals surface area contributed by atoms with Crippen LogP contribution in [-0.2, 0) is 6.54 Å². The van der Waals surface area contributed by atoms with Crippen molar-refractivity contribution in [2.45, 2.75) is 12.6 Å². The van der Waals surface area contributed by atoms with Gasteiger partial charge in [-0.25, -0.2) is 0 Å². The molecule has 12 rings (SSSR count). The molecule has 0 radical (unpaired) electrons. The summed E-state index contributed by atoms with van der Waals surface area (Å²) in [6.45, 7) is 4.69. The van der Waals surface area contributed by atoms with Gasteiger partial charge in [-0.2, -0.15) is 0 Å². The number of fused-ring (bicyclic) bond motifs is 16. The smallest absolute Gasteiger partial charge is 0.135 e. The molecule has 0 saturated heterocycles. The fraction of sp³-hybridized carbons (Fsp3) is 0.0408. The van der Waals surface area contributed by atoms with Crippen molar-refractivity contribution in [3.63, 3.8) is 0 Å². The van der Waals surface area contributed by atoms with E-state index < -0.39 is 0 Å². The van der Waals surface area contributed by atoms with E-state index in [4.69, 9.17) is 4.42 Å². The van der Waals surface area contributed by atoms with Crippen LogP contribution in [0, 0.1) is 0 Å². The van der Waals surface area contributed by atoms with Crippen LogP contribution in [0.3, 0.4) is 0 Å². The quantitative estimate of drug-likeness (QED) is 0.136. The Labute approximate surface area is 323 Å². The van der Waals surface area contributed by atoms with Gasteiger partial charge in [0, 0.05) is 63.7 Å². The lowest BCUT2D eigenvalue weighted by Gasteiger charge is -2.23. The Morgan fingerprint density at radius 3 is 1.98 bits per heavy atom. The molecule has 0 amide bonds. The van der Waals surface area contributed by atoms with Crippen LogP contribution in [-0.4, -0.2) is 11.3 Å². The summed E-state index contributed by atoms with van der Waals surface area (Å²) in [5.41, 5.74) is 6.29.